The summed E-state index contributed by atoms with van der Waals surface area (Å²) in [6.45, 7) is 1.21. The van der Waals surface area contributed by atoms with Crippen molar-refractivity contribution in [3.05, 3.63) is 66.2 Å². The van der Waals surface area contributed by atoms with Gasteiger partial charge >= 0.3 is 0 Å². The Labute approximate surface area is 227 Å². The molecule has 39 heavy (non-hydrogen) atoms. The number of anilines is 2. The molecule has 0 bridgehead atoms. The summed E-state index contributed by atoms with van der Waals surface area (Å²) in [5.74, 6) is 0.749. The van der Waals surface area contributed by atoms with Crippen LogP contribution in [0.25, 0.3) is 0 Å². The first-order valence-corrected chi connectivity index (χ1v) is 14.9. The van der Waals surface area contributed by atoms with Crippen molar-refractivity contribution in [3.63, 3.8) is 0 Å². The van der Waals surface area contributed by atoms with Crippen LogP contribution in [0, 0.1) is 0 Å². The number of likely N-dealkylation sites (tertiary alicyclic amines) is 1. The van der Waals surface area contributed by atoms with Gasteiger partial charge in [-0.25, -0.2) is 16.8 Å². The lowest BCUT2D eigenvalue weighted by Gasteiger charge is -2.18. The van der Waals surface area contributed by atoms with Gasteiger partial charge in [0.2, 0.25) is 0 Å². The van der Waals surface area contributed by atoms with E-state index in [4.69, 9.17) is 14.2 Å². The molecule has 0 aromatic heterocycles. The highest BCUT2D eigenvalue weighted by Crippen LogP contribution is 2.31. The molecule has 1 saturated heterocycles. The Hall–Kier alpha value is -3.97. The molecule has 13 heteroatoms. The molecule has 0 saturated carbocycles. The van der Waals surface area contributed by atoms with Gasteiger partial charge in [-0.2, -0.15) is 0 Å². The smallest absolute Gasteiger partial charge is 0.262 e. The number of rotatable bonds is 10. The minimum Gasteiger partial charge on any atom is -0.497 e. The van der Waals surface area contributed by atoms with Gasteiger partial charge in [0.1, 0.15) is 17.2 Å². The van der Waals surface area contributed by atoms with Crippen LogP contribution in [0.1, 0.15) is 23.2 Å². The highest BCUT2D eigenvalue weighted by molar-refractivity contribution is 7.93. The van der Waals surface area contributed by atoms with Crippen LogP contribution in [-0.4, -0.2) is 62.1 Å². The average molecular weight is 576 g/mol. The standard InChI is InChI=1S/C26H29N3O8S2/c1-35-19-8-12-23(25(16-19)37-3)28-38(31,32)20-9-6-18(7-10-20)27-39(33,34)21-11-13-24(36-2)22(17-21)26(30)29-14-4-5-15-29/h6-13,16-17,27-28H,4-5,14-15H2,1-3H3. The normalized spacial score (nSPS) is 13.6. The third kappa shape index (κ3) is 6.20. The van der Waals surface area contributed by atoms with Crippen LogP contribution in [0.15, 0.2) is 70.5 Å². The molecule has 1 heterocycles. The van der Waals surface area contributed by atoms with E-state index in [0.717, 1.165) is 12.8 Å². The van der Waals surface area contributed by atoms with Crippen LogP contribution in [-0.2, 0) is 20.0 Å². The second-order valence-electron chi connectivity index (χ2n) is 8.66. The summed E-state index contributed by atoms with van der Waals surface area (Å²) in [5, 5.41) is 0. The van der Waals surface area contributed by atoms with E-state index in [0.29, 0.717) is 18.8 Å². The van der Waals surface area contributed by atoms with Crippen molar-refractivity contribution in [2.24, 2.45) is 0 Å². The molecule has 0 aliphatic carbocycles. The summed E-state index contributed by atoms with van der Waals surface area (Å²) in [6, 6.07) is 13.9. The van der Waals surface area contributed by atoms with Gasteiger partial charge in [0.05, 0.1) is 42.4 Å². The lowest BCUT2D eigenvalue weighted by Crippen LogP contribution is -2.28. The van der Waals surface area contributed by atoms with Crippen LogP contribution in [0.5, 0.6) is 17.2 Å². The molecule has 1 aliphatic rings. The summed E-state index contributed by atoms with van der Waals surface area (Å²) >= 11 is 0. The highest BCUT2D eigenvalue weighted by atomic mass is 32.2. The largest absolute Gasteiger partial charge is 0.497 e. The number of amides is 1. The first kappa shape index (κ1) is 28.0. The van der Waals surface area contributed by atoms with Gasteiger partial charge in [0, 0.05) is 24.8 Å². The zero-order valence-corrected chi connectivity index (χ0v) is 23.3. The van der Waals surface area contributed by atoms with Crippen molar-refractivity contribution in [1.82, 2.24) is 4.90 Å². The monoisotopic (exact) mass is 575 g/mol. The number of carbonyl (C=O) groups excluding carboxylic acids is 1. The van der Waals surface area contributed by atoms with Crippen LogP contribution >= 0.6 is 0 Å². The SMILES string of the molecule is COc1ccc(NS(=O)(=O)c2ccc(NS(=O)(=O)c3ccc(OC)c(C(=O)N4CCCC4)c3)cc2)c(OC)c1. The van der Waals surface area contributed by atoms with Crippen molar-refractivity contribution in [1.29, 1.82) is 0 Å². The quantitative estimate of drug-likeness (QED) is 0.374. The Morgan fingerprint density at radius 1 is 0.718 bits per heavy atom. The maximum atomic E-state index is 13.1. The highest BCUT2D eigenvalue weighted by Gasteiger charge is 2.25. The van der Waals surface area contributed by atoms with Gasteiger partial charge in [0.15, 0.2) is 0 Å². The molecule has 1 aliphatic heterocycles. The number of nitrogens with one attached hydrogen (secondary N) is 2. The van der Waals surface area contributed by atoms with Crippen LogP contribution in [0.4, 0.5) is 11.4 Å². The molecule has 0 unspecified atom stereocenters. The van der Waals surface area contributed by atoms with Crippen molar-refractivity contribution < 1.29 is 35.8 Å². The molecule has 0 atom stereocenters. The van der Waals surface area contributed by atoms with E-state index in [1.807, 2.05) is 0 Å². The van der Waals surface area contributed by atoms with E-state index in [9.17, 15) is 21.6 Å². The summed E-state index contributed by atoms with van der Waals surface area (Å²) in [7, 11) is -3.81. The number of carbonyl (C=O) groups is 1. The average Bonchev–Trinajstić information content (AvgIpc) is 3.47. The molecule has 208 valence electrons. The molecule has 3 aromatic rings. The second kappa shape index (κ2) is 11.4. The molecule has 4 rings (SSSR count). The number of nitrogens with zero attached hydrogens (tertiary/aromatic N) is 1. The number of methoxy groups -OCH3 is 3. The van der Waals surface area contributed by atoms with E-state index >= 15 is 0 Å². The van der Waals surface area contributed by atoms with Gasteiger partial charge in [0.25, 0.3) is 26.0 Å². The fourth-order valence-corrected chi connectivity index (χ4v) is 6.27. The van der Waals surface area contributed by atoms with Gasteiger partial charge in [-0.3, -0.25) is 14.2 Å². The van der Waals surface area contributed by atoms with E-state index in [1.54, 1.807) is 17.0 Å². The number of sulfonamides is 2. The predicted octanol–water partition coefficient (Wildman–Crippen LogP) is 3.55. The third-order valence-electron chi connectivity index (χ3n) is 6.17. The topological polar surface area (TPSA) is 140 Å². The molecule has 11 nitrogen and oxygen atoms in total. The fourth-order valence-electron chi connectivity index (χ4n) is 4.11. The van der Waals surface area contributed by atoms with Gasteiger partial charge in [-0.05, 0) is 67.4 Å². The summed E-state index contributed by atoms with van der Waals surface area (Å²) < 4.78 is 72.6. The third-order valence-corrected chi connectivity index (χ3v) is 8.94. The van der Waals surface area contributed by atoms with E-state index in [2.05, 4.69) is 9.44 Å². The molecular weight excluding hydrogens is 546 g/mol. The molecular formula is C26H29N3O8S2. The number of benzene rings is 3. The fraction of sp³-hybridized carbons (Fsp3) is 0.269. The lowest BCUT2D eigenvalue weighted by atomic mass is 10.1. The summed E-state index contributed by atoms with van der Waals surface area (Å²) in [6.07, 6.45) is 1.78. The number of hydrogen-bond donors (Lipinski definition) is 2. The van der Waals surface area contributed by atoms with Crippen molar-refractivity contribution in [2.45, 2.75) is 22.6 Å². The molecule has 3 aromatic carbocycles. The Bertz CT molecular complexity index is 1570. The van der Waals surface area contributed by atoms with Crippen molar-refractivity contribution in [2.75, 3.05) is 43.9 Å². The van der Waals surface area contributed by atoms with Crippen LogP contribution in [0.3, 0.4) is 0 Å². The lowest BCUT2D eigenvalue weighted by molar-refractivity contribution is 0.0789. The van der Waals surface area contributed by atoms with Gasteiger partial charge < -0.3 is 19.1 Å². The van der Waals surface area contributed by atoms with Crippen molar-refractivity contribution in [3.8, 4) is 17.2 Å². The molecule has 1 amide bonds. The maximum absolute atomic E-state index is 13.1. The van der Waals surface area contributed by atoms with Crippen LogP contribution < -0.4 is 23.7 Å². The van der Waals surface area contributed by atoms with E-state index in [-0.39, 0.29) is 44.1 Å². The molecule has 0 radical (unpaired) electrons. The van der Waals surface area contributed by atoms with Crippen molar-refractivity contribution >= 4 is 37.3 Å². The molecule has 2 N–H and O–H groups in total. The summed E-state index contributed by atoms with van der Waals surface area (Å²) in [5.41, 5.74) is 0.504. The zero-order valence-electron chi connectivity index (χ0n) is 21.6. The van der Waals surface area contributed by atoms with Crippen LogP contribution in [0.2, 0.25) is 0 Å². The minimum absolute atomic E-state index is 0.0914. The van der Waals surface area contributed by atoms with E-state index in [1.165, 1.54) is 69.9 Å². The Morgan fingerprint density at radius 2 is 1.33 bits per heavy atom. The Kier molecular flexibility index (Phi) is 8.21. The first-order valence-electron chi connectivity index (χ1n) is 11.9. The number of ether oxygens (including phenoxy) is 3. The Morgan fingerprint density at radius 3 is 1.95 bits per heavy atom. The van der Waals surface area contributed by atoms with Gasteiger partial charge in [-0.15, -0.1) is 0 Å². The summed E-state index contributed by atoms with van der Waals surface area (Å²) in [4.78, 5) is 14.4. The Balaban J connectivity index is 1.53. The maximum Gasteiger partial charge on any atom is 0.262 e. The molecule has 1 fully saturated rings. The van der Waals surface area contributed by atoms with Gasteiger partial charge in [-0.1, -0.05) is 0 Å². The predicted molar refractivity (Wildman–Crippen MR) is 146 cm³/mol. The minimum atomic E-state index is -4.10. The molecule has 0 spiro atoms. The van der Waals surface area contributed by atoms with E-state index < -0.39 is 20.0 Å². The first-order chi connectivity index (χ1) is 18.6. The number of hydrogen-bond acceptors (Lipinski definition) is 8. The zero-order chi connectivity index (χ0) is 28.2. The second-order valence-corrected chi connectivity index (χ2v) is 12.0.